The summed E-state index contributed by atoms with van der Waals surface area (Å²) >= 11 is 0. The fourth-order valence-corrected chi connectivity index (χ4v) is 1.92. The monoisotopic (exact) mass is 221 g/mol. The molecule has 0 aliphatic carbocycles. The molecule has 0 atom stereocenters. The lowest BCUT2D eigenvalue weighted by Crippen LogP contribution is -1.86. The van der Waals surface area contributed by atoms with Crippen LogP contribution in [0.15, 0.2) is 42.5 Å². The van der Waals surface area contributed by atoms with Gasteiger partial charge in [-0.3, -0.25) is 0 Å². The highest BCUT2D eigenvalue weighted by molar-refractivity contribution is 5.69. The Kier molecular flexibility index (Phi) is 3.25. The summed E-state index contributed by atoms with van der Waals surface area (Å²) in [5.74, 6) is 0. The number of benzene rings is 2. The summed E-state index contributed by atoms with van der Waals surface area (Å²) in [6.45, 7) is 4.22. The normalized spacial score (nSPS) is 9.94. The van der Waals surface area contributed by atoms with E-state index >= 15 is 0 Å². The SMILES string of the molecule is CCc1ccc(-c2cc(C#N)ccc2C)cc1. The molecule has 0 unspecified atom stereocenters. The Morgan fingerprint density at radius 2 is 1.76 bits per heavy atom. The average molecular weight is 221 g/mol. The molecule has 0 aliphatic heterocycles. The molecule has 0 aromatic heterocycles. The molecule has 0 amide bonds. The lowest BCUT2D eigenvalue weighted by molar-refractivity contribution is 1.14. The molecule has 0 spiro atoms. The zero-order chi connectivity index (χ0) is 12.3. The number of hydrogen-bond acceptors (Lipinski definition) is 1. The minimum atomic E-state index is 0.713. The molecule has 0 radical (unpaired) electrons. The van der Waals surface area contributed by atoms with Crippen molar-refractivity contribution >= 4 is 0 Å². The summed E-state index contributed by atoms with van der Waals surface area (Å²) in [5, 5.41) is 8.93. The molecule has 1 nitrogen and oxygen atoms in total. The Morgan fingerprint density at radius 1 is 1.06 bits per heavy atom. The highest BCUT2D eigenvalue weighted by Crippen LogP contribution is 2.24. The van der Waals surface area contributed by atoms with Gasteiger partial charge >= 0.3 is 0 Å². The molecular weight excluding hydrogens is 206 g/mol. The second kappa shape index (κ2) is 4.84. The Bertz CT molecular complexity index is 559. The maximum absolute atomic E-state index is 8.93. The van der Waals surface area contributed by atoms with Crippen molar-refractivity contribution in [3.05, 3.63) is 59.2 Å². The first kappa shape index (κ1) is 11.4. The summed E-state index contributed by atoms with van der Waals surface area (Å²) in [4.78, 5) is 0. The van der Waals surface area contributed by atoms with Crippen LogP contribution in [-0.2, 0) is 6.42 Å². The van der Waals surface area contributed by atoms with Crippen molar-refractivity contribution in [1.82, 2.24) is 0 Å². The fourth-order valence-electron chi connectivity index (χ4n) is 1.92. The van der Waals surface area contributed by atoms with Gasteiger partial charge in [0.25, 0.3) is 0 Å². The minimum Gasteiger partial charge on any atom is -0.192 e. The Morgan fingerprint density at radius 3 is 2.35 bits per heavy atom. The number of nitriles is 1. The second-order valence-corrected chi connectivity index (χ2v) is 4.19. The van der Waals surface area contributed by atoms with E-state index in [4.69, 9.17) is 5.26 Å². The summed E-state index contributed by atoms with van der Waals surface area (Å²) in [7, 11) is 0. The molecule has 0 bridgehead atoms. The van der Waals surface area contributed by atoms with Crippen molar-refractivity contribution < 1.29 is 0 Å². The quantitative estimate of drug-likeness (QED) is 0.749. The largest absolute Gasteiger partial charge is 0.192 e. The van der Waals surface area contributed by atoms with Crippen LogP contribution >= 0.6 is 0 Å². The van der Waals surface area contributed by atoms with Gasteiger partial charge in [-0.05, 0) is 47.7 Å². The second-order valence-electron chi connectivity index (χ2n) is 4.19. The van der Waals surface area contributed by atoms with E-state index in [2.05, 4.69) is 44.2 Å². The summed E-state index contributed by atoms with van der Waals surface area (Å²) in [6.07, 6.45) is 1.05. The van der Waals surface area contributed by atoms with Crippen molar-refractivity contribution in [1.29, 1.82) is 5.26 Å². The van der Waals surface area contributed by atoms with Gasteiger partial charge in [0.2, 0.25) is 0 Å². The van der Waals surface area contributed by atoms with Gasteiger partial charge in [-0.25, -0.2) is 0 Å². The van der Waals surface area contributed by atoms with Crippen LogP contribution in [-0.4, -0.2) is 0 Å². The summed E-state index contributed by atoms with van der Waals surface area (Å²) in [6, 6.07) is 16.6. The van der Waals surface area contributed by atoms with Crippen molar-refractivity contribution in [3.63, 3.8) is 0 Å². The van der Waals surface area contributed by atoms with E-state index in [9.17, 15) is 0 Å². The van der Waals surface area contributed by atoms with Crippen LogP contribution in [0.2, 0.25) is 0 Å². The maximum Gasteiger partial charge on any atom is 0.0991 e. The van der Waals surface area contributed by atoms with Gasteiger partial charge in [-0.2, -0.15) is 5.26 Å². The Labute approximate surface area is 102 Å². The Balaban J connectivity index is 2.48. The molecule has 2 aromatic carbocycles. The van der Waals surface area contributed by atoms with Crippen LogP contribution in [0.3, 0.4) is 0 Å². The lowest BCUT2D eigenvalue weighted by Gasteiger charge is -2.07. The molecule has 84 valence electrons. The van der Waals surface area contributed by atoms with E-state index in [-0.39, 0.29) is 0 Å². The molecular formula is C16H15N. The first-order valence-electron chi connectivity index (χ1n) is 5.84. The van der Waals surface area contributed by atoms with E-state index in [1.54, 1.807) is 0 Å². The standard InChI is InChI=1S/C16H15N/c1-3-13-6-8-15(9-7-13)16-10-14(11-17)5-4-12(16)2/h4-10H,3H2,1-2H3. The van der Waals surface area contributed by atoms with Gasteiger partial charge in [-0.15, -0.1) is 0 Å². The number of hydrogen-bond donors (Lipinski definition) is 0. The van der Waals surface area contributed by atoms with Gasteiger partial charge < -0.3 is 0 Å². The lowest BCUT2D eigenvalue weighted by atomic mass is 9.97. The van der Waals surface area contributed by atoms with Crippen molar-refractivity contribution in [2.75, 3.05) is 0 Å². The van der Waals surface area contributed by atoms with Crippen molar-refractivity contribution in [2.45, 2.75) is 20.3 Å². The number of rotatable bonds is 2. The van der Waals surface area contributed by atoms with Crippen LogP contribution < -0.4 is 0 Å². The van der Waals surface area contributed by atoms with E-state index in [0.29, 0.717) is 5.56 Å². The van der Waals surface area contributed by atoms with Gasteiger partial charge in [0.15, 0.2) is 0 Å². The zero-order valence-corrected chi connectivity index (χ0v) is 10.2. The predicted octanol–water partition coefficient (Wildman–Crippen LogP) is 4.10. The molecule has 17 heavy (non-hydrogen) atoms. The van der Waals surface area contributed by atoms with E-state index in [1.165, 1.54) is 16.7 Å². The van der Waals surface area contributed by atoms with Crippen molar-refractivity contribution in [3.8, 4) is 17.2 Å². The van der Waals surface area contributed by atoms with Gasteiger partial charge in [0, 0.05) is 0 Å². The fraction of sp³-hybridized carbons (Fsp3) is 0.188. The first-order valence-corrected chi connectivity index (χ1v) is 5.84. The smallest absolute Gasteiger partial charge is 0.0991 e. The summed E-state index contributed by atoms with van der Waals surface area (Å²) in [5.41, 5.74) is 5.57. The third kappa shape index (κ3) is 2.37. The van der Waals surface area contributed by atoms with E-state index in [1.807, 2.05) is 18.2 Å². The van der Waals surface area contributed by atoms with Gasteiger partial charge in [0.1, 0.15) is 0 Å². The maximum atomic E-state index is 8.93. The van der Waals surface area contributed by atoms with E-state index in [0.717, 1.165) is 12.0 Å². The molecule has 0 aliphatic rings. The van der Waals surface area contributed by atoms with Crippen LogP contribution in [0.25, 0.3) is 11.1 Å². The third-order valence-electron chi connectivity index (χ3n) is 3.04. The Hall–Kier alpha value is -2.07. The van der Waals surface area contributed by atoms with Crippen LogP contribution in [0.5, 0.6) is 0 Å². The molecule has 0 fully saturated rings. The highest BCUT2D eigenvalue weighted by atomic mass is 14.2. The molecule has 2 rings (SSSR count). The van der Waals surface area contributed by atoms with Crippen LogP contribution in [0.1, 0.15) is 23.6 Å². The topological polar surface area (TPSA) is 23.8 Å². The molecule has 0 saturated carbocycles. The van der Waals surface area contributed by atoms with Gasteiger partial charge in [-0.1, -0.05) is 37.3 Å². The highest BCUT2D eigenvalue weighted by Gasteiger charge is 2.03. The zero-order valence-electron chi connectivity index (χ0n) is 10.2. The van der Waals surface area contributed by atoms with Gasteiger partial charge in [0.05, 0.1) is 11.6 Å². The molecule has 2 aromatic rings. The average Bonchev–Trinajstić information content (AvgIpc) is 2.39. The minimum absolute atomic E-state index is 0.713. The molecule has 0 N–H and O–H groups in total. The van der Waals surface area contributed by atoms with Crippen LogP contribution in [0, 0.1) is 18.3 Å². The number of aryl methyl sites for hydroxylation is 2. The van der Waals surface area contributed by atoms with E-state index < -0.39 is 0 Å². The van der Waals surface area contributed by atoms with Crippen molar-refractivity contribution in [2.24, 2.45) is 0 Å². The molecule has 1 heteroatoms. The first-order chi connectivity index (χ1) is 8.24. The predicted molar refractivity (Wildman–Crippen MR) is 70.7 cm³/mol. The van der Waals surface area contributed by atoms with Crippen LogP contribution in [0.4, 0.5) is 0 Å². The molecule has 0 heterocycles. The summed E-state index contributed by atoms with van der Waals surface area (Å²) < 4.78 is 0. The third-order valence-corrected chi connectivity index (χ3v) is 3.04. The number of nitrogens with zero attached hydrogens (tertiary/aromatic N) is 1. The molecule has 0 saturated heterocycles.